The number of likely N-dealkylation sites (tertiary alicyclic amines) is 1. The molecule has 0 saturated carbocycles. The summed E-state index contributed by atoms with van der Waals surface area (Å²) in [6, 6.07) is 6.74. The second-order valence-electron chi connectivity index (χ2n) is 6.37. The summed E-state index contributed by atoms with van der Waals surface area (Å²) in [4.78, 5) is 21.8. The Bertz CT molecular complexity index is 756. The normalized spacial score (nSPS) is 19.0. The molecule has 23 heavy (non-hydrogen) atoms. The fourth-order valence-corrected chi connectivity index (χ4v) is 3.18. The minimum absolute atomic E-state index is 0.0465. The Balaban J connectivity index is 1.74. The molecule has 0 amide bonds. The first kappa shape index (κ1) is 15.9. The van der Waals surface area contributed by atoms with Crippen LogP contribution in [0.3, 0.4) is 0 Å². The van der Waals surface area contributed by atoms with Crippen molar-refractivity contribution in [1.29, 1.82) is 0 Å². The second-order valence-corrected chi connectivity index (χ2v) is 6.37. The molecule has 1 aromatic carbocycles. The summed E-state index contributed by atoms with van der Waals surface area (Å²) in [5.41, 5.74) is 2.41. The van der Waals surface area contributed by atoms with Crippen LogP contribution in [0.2, 0.25) is 0 Å². The zero-order valence-corrected chi connectivity index (χ0v) is 13.6. The van der Waals surface area contributed by atoms with E-state index in [0.717, 1.165) is 49.6 Å². The first-order valence-corrected chi connectivity index (χ1v) is 8.07. The molecule has 1 atom stereocenters. The van der Waals surface area contributed by atoms with E-state index in [-0.39, 0.29) is 17.3 Å². The van der Waals surface area contributed by atoms with E-state index < -0.39 is 0 Å². The number of piperidine rings is 1. The van der Waals surface area contributed by atoms with Crippen molar-refractivity contribution in [2.45, 2.75) is 39.2 Å². The van der Waals surface area contributed by atoms with Crippen molar-refractivity contribution in [2.75, 3.05) is 13.1 Å². The lowest BCUT2D eigenvalue weighted by molar-refractivity contribution is 0.196. The lowest BCUT2D eigenvalue weighted by Gasteiger charge is -2.32. The third-order valence-electron chi connectivity index (χ3n) is 4.60. The van der Waals surface area contributed by atoms with Crippen molar-refractivity contribution in [2.24, 2.45) is 0 Å². The first-order chi connectivity index (χ1) is 11.0. The minimum atomic E-state index is -0.198. The van der Waals surface area contributed by atoms with Gasteiger partial charge in [0.15, 0.2) is 0 Å². The Morgan fingerprint density at radius 3 is 2.96 bits per heavy atom. The number of halogens is 1. The molecule has 1 aromatic heterocycles. The van der Waals surface area contributed by atoms with Gasteiger partial charge in [-0.2, -0.15) is 0 Å². The van der Waals surface area contributed by atoms with E-state index in [1.807, 2.05) is 13.0 Å². The van der Waals surface area contributed by atoms with Crippen molar-refractivity contribution in [3.05, 3.63) is 63.1 Å². The SMILES string of the molecule is Cc1nc([C@H]2CCCN(Cc3cccc(F)c3)C2)[nH]c(=O)c1C. The molecule has 0 radical (unpaired) electrons. The van der Waals surface area contributed by atoms with E-state index in [4.69, 9.17) is 0 Å². The lowest BCUT2D eigenvalue weighted by Crippen LogP contribution is -2.35. The van der Waals surface area contributed by atoms with E-state index in [9.17, 15) is 9.18 Å². The molecule has 0 bridgehead atoms. The van der Waals surface area contributed by atoms with Gasteiger partial charge in [0.25, 0.3) is 5.56 Å². The fraction of sp³-hybridized carbons (Fsp3) is 0.444. The minimum Gasteiger partial charge on any atom is -0.310 e. The van der Waals surface area contributed by atoms with Crippen LogP contribution < -0.4 is 5.56 Å². The molecule has 0 unspecified atom stereocenters. The zero-order valence-electron chi connectivity index (χ0n) is 13.6. The number of rotatable bonds is 3. The number of nitrogens with one attached hydrogen (secondary N) is 1. The molecular formula is C18H22FN3O. The molecule has 3 rings (SSSR count). The highest BCUT2D eigenvalue weighted by Gasteiger charge is 2.23. The summed E-state index contributed by atoms with van der Waals surface area (Å²) in [5, 5.41) is 0. The molecule has 1 saturated heterocycles. The summed E-state index contributed by atoms with van der Waals surface area (Å²) in [6.07, 6.45) is 2.07. The first-order valence-electron chi connectivity index (χ1n) is 8.07. The largest absolute Gasteiger partial charge is 0.310 e. The van der Waals surface area contributed by atoms with Gasteiger partial charge in [-0.05, 0) is 50.9 Å². The van der Waals surface area contributed by atoms with E-state index in [2.05, 4.69) is 14.9 Å². The predicted molar refractivity (Wildman–Crippen MR) is 88.0 cm³/mol. The summed E-state index contributed by atoms with van der Waals surface area (Å²) >= 11 is 0. The van der Waals surface area contributed by atoms with Gasteiger partial charge >= 0.3 is 0 Å². The van der Waals surface area contributed by atoms with Gasteiger partial charge in [-0.1, -0.05) is 12.1 Å². The van der Waals surface area contributed by atoms with Crippen LogP contribution in [-0.2, 0) is 6.54 Å². The number of H-pyrrole nitrogens is 1. The molecular weight excluding hydrogens is 293 g/mol. The summed E-state index contributed by atoms with van der Waals surface area (Å²) in [7, 11) is 0. The molecule has 0 aliphatic carbocycles. The number of benzene rings is 1. The molecule has 4 nitrogen and oxygen atoms in total. The van der Waals surface area contributed by atoms with Gasteiger partial charge in [0.05, 0.1) is 0 Å². The van der Waals surface area contributed by atoms with Gasteiger partial charge in [0, 0.05) is 30.3 Å². The Morgan fingerprint density at radius 2 is 2.22 bits per heavy atom. The van der Waals surface area contributed by atoms with Crippen LogP contribution in [0, 0.1) is 19.7 Å². The maximum atomic E-state index is 13.3. The van der Waals surface area contributed by atoms with Crippen molar-refractivity contribution in [3.63, 3.8) is 0 Å². The van der Waals surface area contributed by atoms with Crippen LogP contribution in [0.25, 0.3) is 0 Å². The number of aromatic amines is 1. The molecule has 2 aromatic rings. The Labute approximate surface area is 135 Å². The van der Waals surface area contributed by atoms with Crippen molar-refractivity contribution in [3.8, 4) is 0 Å². The average Bonchev–Trinajstić information content (AvgIpc) is 2.52. The zero-order chi connectivity index (χ0) is 16.4. The van der Waals surface area contributed by atoms with E-state index in [1.165, 1.54) is 6.07 Å². The van der Waals surface area contributed by atoms with Gasteiger partial charge in [0.2, 0.25) is 0 Å². The molecule has 1 N–H and O–H groups in total. The van der Waals surface area contributed by atoms with Crippen molar-refractivity contribution in [1.82, 2.24) is 14.9 Å². The number of aromatic nitrogens is 2. The number of aryl methyl sites for hydroxylation is 1. The molecule has 1 aliphatic rings. The van der Waals surface area contributed by atoms with Crippen LogP contribution in [0.5, 0.6) is 0 Å². The van der Waals surface area contributed by atoms with Gasteiger partial charge in [-0.3, -0.25) is 9.69 Å². The topological polar surface area (TPSA) is 49.0 Å². The molecule has 5 heteroatoms. The van der Waals surface area contributed by atoms with Gasteiger partial charge < -0.3 is 4.98 Å². The number of hydrogen-bond donors (Lipinski definition) is 1. The van der Waals surface area contributed by atoms with Crippen LogP contribution in [0.4, 0.5) is 4.39 Å². The van der Waals surface area contributed by atoms with Crippen LogP contribution in [0.15, 0.2) is 29.1 Å². The molecule has 1 aliphatic heterocycles. The lowest BCUT2D eigenvalue weighted by atomic mass is 9.96. The maximum Gasteiger partial charge on any atom is 0.254 e. The standard InChI is InChI=1S/C18H22FN3O/c1-12-13(2)20-17(21-18(12)23)15-6-4-8-22(11-15)10-14-5-3-7-16(19)9-14/h3,5,7,9,15H,4,6,8,10-11H2,1-2H3,(H,20,21,23)/t15-/m0/s1. The Kier molecular flexibility index (Phi) is 4.57. The van der Waals surface area contributed by atoms with E-state index >= 15 is 0 Å². The fourth-order valence-electron chi connectivity index (χ4n) is 3.18. The van der Waals surface area contributed by atoms with Gasteiger partial charge in [0.1, 0.15) is 11.6 Å². The highest BCUT2D eigenvalue weighted by molar-refractivity contribution is 5.18. The quantitative estimate of drug-likeness (QED) is 0.947. The third-order valence-corrected chi connectivity index (χ3v) is 4.60. The van der Waals surface area contributed by atoms with Crippen molar-refractivity contribution >= 4 is 0 Å². The van der Waals surface area contributed by atoms with Crippen LogP contribution >= 0.6 is 0 Å². The summed E-state index contributed by atoms with van der Waals surface area (Å²) < 4.78 is 13.3. The molecule has 0 spiro atoms. The van der Waals surface area contributed by atoms with E-state index in [1.54, 1.807) is 19.1 Å². The smallest absolute Gasteiger partial charge is 0.254 e. The summed E-state index contributed by atoms with van der Waals surface area (Å²) in [6.45, 7) is 6.22. The highest BCUT2D eigenvalue weighted by Crippen LogP contribution is 2.25. The van der Waals surface area contributed by atoms with Crippen molar-refractivity contribution < 1.29 is 4.39 Å². The molecule has 122 valence electrons. The third kappa shape index (κ3) is 3.67. The summed E-state index contributed by atoms with van der Waals surface area (Å²) in [5.74, 6) is 0.808. The van der Waals surface area contributed by atoms with Crippen LogP contribution in [0.1, 0.15) is 41.4 Å². The Hall–Kier alpha value is -2.01. The number of nitrogens with zero attached hydrogens (tertiary/aromatic N) is 2. The van der Waals surface area contributed by atoms with Gasteiger partial charge in [-0.25, -0.2) is 9.37 Å². The molecule has 1 fully saturated rings. The average molecular weight is 315 g/mol. The number of hydrogen-bond acceptors (Lipinski definition) is 3. The maximum absolute atomic E-state index is 13.3. The highest BCUT2D eigenvalue weighted by atomic mass is 19.1. The predicted octanol–water partition coefficient (Wildman–Crippen LogP) is 2.91. The monoisotopic (exact) mass is 315 g/mol. The molecule has 2 heterocycles. The van der Waals surface area contributed by atoms with E-state index in [0.29, 0.717) is 5.56 Å². The Morgan fingerprint density at radius 1 is 1.39 bits per heavy atom. The van der Waals surface area contributed by atoms with Crippen LogP contribution in [-0.4, -0.2) is 28.0 Å². The van der Waals surface area contributed by atoms with Gasteiger partial charge in [-0.15, -0.1) is 0 Å². The second kappa shape index (κ2) is 6.62.